The van der Waals surface area contributed by atoms with E-state index in [-0.39, 0.29) is 5.04 Å². The molecule has 5 heteroatoms. The van der Waals surface area contributed by atoms with Gasteiger partial charge in [0.2, 0.25) is 0 Å². The summed E-state index contributed by atoms with van der Waals surface area (Å²) < 4.78 is 0. The molecule has 0 spiro atoms. The molecule has 0 bridgehead atoms. The van der Waals surface area contributed by atoms with E-state index in [0.29, 0.717) is 0 Å². The summed E-state index contributed by atoms with van der Waals surface area (Å²) in [6.45, 7) is 9.48. The van der Waals surface area contributed by atoms with Gasteiger partial charge in [-0.25, -0.2) is 0 Å². The molecular formula is C35H48N4Si. The van der Waals surface area contributed by atoms with Gasteiger partial charge in [0.1, 0.15) is 0 Å². The Hall–Kier alpha value is -3.44. The van der Waals surface area contributed by atoms with Crippen molar-refractivity contribution in [2.75, 3.05) is 76.0 Å². The van der Waals surface area contributed by atoms with E-state index >= 15 is 0 Å². The third-order valence-electron chi connectivity index (χ3n) is 9.16. The van der Waals surface area contributed by atoms with Crippen molar-refractivity contribution in [3.05, 3.63) is 89.5 Å². The summed E-state index contributed by atoms with van der Waals surface area (Å²) in [7, 11) is 14.4. The van der Waals surface area contributed by atoms with Crippen molar-refractivity contribution in [3.63, 3.8) is 0 Å². The van der Waals surface area contributed by atoms with Crippen LogP contribution in [-0.2, 0) is 0 Å². The minimum atomic E-state index is -2.81. The van der Waals surface area contributed by atoms with Crippen LogP contribution in [0.5, 0.6) is 0 Å². The van der Waals surface area contributed by atoms with Crippen molar-refractivity contribution in [2.45, 2.75) is 32.7 Å². The summed E-state index contributed by atoms with van der Waals surface area (Å²) in [6, 6.07) is 25.9. The predicted molar refractivity (Wildman–Crippen MR) is 182 cm³/mol. The van der Waals surface area contributed by atoms with Crippen molar-refractivity contribution in [2.24, 2.45) is 0 Å². The normalized spacial score (nSPS) is 17.1. The van der Waals surface area contributed by atoms with Crippen molar-refractivity contribution in [3.8, 4) is 0 Å². The van der Waals surface area contributed by atoms with E-state index in [2.05, 4.69) is 176 Å². The van der Waals surface area contributed by atoms with Gasteiger partial charge in [-0.1, -0.05) is 54.5 Å². The van der Waals surface area contributed by atoms with Crippen LogP contribution in [0.2, 0.25) is 5.04 Å². The molecule has 0 saturated heterocycles. The zero-order valence-corrected chi connectivity index (χ0v) is 27.7. The van der Waals surface area contributed by atoms with Gasteiger partial charge < -0.3 is 19.6 Å². The first kappa shape index (κ1) is 29.5. The Kier molecular flexibility index (Phi) is 8.01. The third kappa shape index (κ3) is 4.75. The lowest BCUT2D eigenvalue weighted by atomic mass is 10.0. The lowest BCUT2D eigenvalue weighted by Gasteiger charge is -2.48. The molecule has 0 saturated carbocycles. The van der Waals surface area contributed by atoms with E-state index in [1.54, 1.807) is 0 Å². The topological polar surface area (TPSA) is 13.0 Å². The minimum absolute atomic E-state index is 0.175. The van der Waals surface area contributed by atoms with Crippen LogP contribution in [0.15, 0.2) is 89.5 Å². The Balaban J connectivity index is 2.32. The zero-order valence-electron chi connectivity index (χ0n) is 26.7. The van der Waals surface area contributed by atoms with Crippen molar-refractivity contribution in [1.82, 2.24) is 0 Å². The number of benzene rings is 3. The van der Waals surface area contributed by atoms with E-state index < -0.39 is 8.07 Å². The summed E-state index contributed by atoms with van der Waals surface area (Å²) in [5, 5.41) is 4.10. The fourth-order valence-electron chi connectivity index (χ4n) is 6.47. The minimum Gasteiger partial charge on any atom is -0.378 e. The molecule has 0 aliphatic heterocycles. The predicted octanol–water partition coefficient (Wildman–Crippen LogP) is 5.48. The van der Waals surface area contributed by atoms with Gasteiger partial charge in [-0.15, -0.1) is 0 Å². The average molecular weight is 553 g/mol. The van der Waals surface area contributed by atoms with E-state index in [1.165, 1.54) is 55.0 Å². The molecule has 4 nitrogen and oxygen atoms in total. The van der Waals surface area contributed by atoms with Crippen LogP contribution >= 0.6 is 0 Å². The van der Waals surface area contributed by atoms with Crippen LogP contribution < -0.4 is 35.2 Å². The smallest absolute Gasteiger partial charge is 0.162 e. The molecule has 0 amide bonds. The zero-order chi connectivity index (χ0) is 29.6. The molecular weight excluding hydrogens is 504 g/mol. The van der Waals surface area contributed by atoms with Gasteiger partial charge >= 0.3 is 0 Å². The number of hydrogen-bond acceptors (Lipinski definition) is 4. The van der Waals surface area contributed by atoms with Gasteiger partial charge in [0.25, 0.3) is 0 Å². The first-order chi connectivity index (χ1) is 18.7. The number of nitrogens with zero attached hydrogens (tertiary/aromatic N) is 4. The number of allylic oxidation sites excluding steroid dienone is 4. The number of hydrogen-bond donors (Lipinski definition) is 0. The summed E-state index contributed by atoms with van der Waals surface area (Å²) in [4.78, 5) is 8.98. The molecule has 0 N–H and O–H groups in total. The summed E-state index contributed by atoms with van der Waals surface area (Å²) in [6.07, 6.45) is 2.59. The Labute approximate surface area is 244 Å². The molecule has 1 aliphatic carbocycles. The van der Waals surface area contributed by atoms with E-state index in [1.807, 2.05) is 0 Å². The second kappa shape index (κ2) is 10.9. The molecule has 0 radical (unpaired) electrons. The fraction of sp³-hybridized carbons (Fsp3) is 0.371. The molecule has 0 heterocycles. The van der Waals surface area contributed by atoms with Gasteiger partial charge in [-0.3, -0.25) is 0 Å². The maximum atomic E-state index is 2.59. The van der Waals surface area contributed by atoms with Gasteiger partial charge in [-0.05, 0) is 78.3 Å². The van der Waals surface area contributed by atoms with Crippen LogP contribution in [0.4, 0.5) is 22.7 Å². The maximum absolute atomic E-state index is 2.81. The molecule has 0 fully saturated rings. The molecule has 1 atom stereocenters. The van der Waals surface area contributed by atoms with Crippen molar-refractivity contribution < 1.29 is 0 Å². The molecule has 0 aromatic heterocycles. The molecule has 40 heavy (non-hydrogen) atoms. The van der Waals surface area contributed by atoms with Crippen LogP contribution in [0.1, 0.15) is 27.7 Å². The monoisotopic (exact) mass is 552 g/mol. The van der Waals surface area contributed by atoms with Crippen LogP contribution in [-0.4, -0.2) is 64.5 Å². The Bertz CT molecular complexity index is 1330. The van der Waals surface area contributed by atoms with Crippen molar-refractivity contribution in [1.29, 1.82) is 0 Å². The standard InChI is InChI=1S/C35H48N4Si/c1-25-24-35(4,27(3)26(25)2)40(32-16-14-13-15-17-32,33-20-28(36(5)6)18-29(21-33)37(7)8)34-22-30(38(9)10)19-31(23-34)39(11)12/h13-24H,1-12H3. The highest BCUT2D eigenvalue weighted by molar-refractivity contribution is 7.14. The quantitative estimate of drug-likeness (QED) is 0.271. The van der Waals surface area contributed by atoms with Crippen molar-refractivity contribution >= 4 is 46.4 Å². The molecule has 1 unspecified atom stereocenters. The van der Waals surface area contributed by atoms with Gasteiger partial charge in [0.05, 0.1) is 0 Å². The van der Waals surface area contributed by atoms with Crippen LogP contribution in [0.25, 0.3) is 0 Å². The second-order valence-electron chi connectivity index (χ2n) is 12.4. The second-order valence-corrected chi connectivity index (χ2v) is 16.7. The Morgan fingerprint density at radius 1 is 0.525 bits per heavy atom. The fourth-order valence-corrected chi connectivity index (χ4v) is 12.6. The van der Waals surface area contributed by atoms with Gasteiger partial charge in [0.15, 0.2) is 8.07 Å². The number of anilines is 4. The first-order valence-corrected chi connectivity index (χ1v) is 16.2. The summed E-state index contributed by atoms with van der Waals surface area (Å²) in [5.74, 6) is 0. The van der Waals surface area contributed by atoms with Crippen LogP contribution in [0, 0.1) is 0 Å². The lowest BCUT2D eigenvalue weighted by molar-refractivity contribution is 0.870. The molecule has 212 valence electrons. The highest BCUT2D eigenvalue weighted by Gasteiger charge is 2.56. The highest BCUT2D eigenvalue weighted by atomic mass is 28.3. The highest BCUT2D eigenvalue weighted by Crippen LogP contribution is 2.53. The Morgan fingerprint density at radius 3 is 1.20 bits per heavy atom. The molecule has 4 rings (SSSR count). The van der Waals surface area contributed by atoms with E-state index in [4.69, 9.17) is 0 Å². The van der Waals surface area contributed by atoms with Gasteiger partial charge in [-0.2, -0.15) is 0 Å². The SMILES string of the molecule is CC1=CC(C)([Si](c2ccccc2)(c2cc(N(C)C)cc(N(C)C)c2)c2cc(N(C)C)cc(N(C)C)c2)C(C)=C1C. The van der Waals surface area contributed by atoms with Crippen LogP contribution in [0.3, 0.4) is 0 Å². The first-order valence-electron chi connectivity index (χ1n) is 14.2. The molecule has 3 aromatic rings. The lowest BCUT2D eigenvalue weighted by Crippen LogP contribution is -2.73. The van der Waals surface area contributed by atoms with E-state index in [9.17, 15) is 0 Å². The molecule has 3 aromatic carbocycles. The average Bonchev–Trinajstić information content (AvgIpc) is 3.12. The van der Waals surface area contributed by atoms with Gasteiger partial charge in [0, 0.05) is 84.2 Å². The maximum Gasteiger partial charge on any atom is 0.162 e. The Morgan fingerprint density at radius 2 is 0.900 bits per heavy atom. The molecule has 1 aliphatic rings. The number of rotatable bonds is 8. The van der Waals surface area contributed by atoms with E-state index in [0.717, 1.165) is 0 Å². The third-order valence-corrected chi connectivity index (χ3v) is 14.7. The largest absolute Gasteiger partial charge is 0.378 e. The summed E-state index contributed by atoms with van der Waals surface area (Å²) in [5.41, 5.74) is 9.20. The summed E-state index contributed by atoms with van der Waals surface area (Å²) >= 11 is 0.